The Hall–Kier alpha value is -0.440. The number of hydrogen-bond acceptors (Lipinski definition) is 11. The van der Waals surface area contributed by atoms with Crippen molar-refractivity contribution in [2.75, 3.05) is 13.2 Å². The minimum Gasteiger partial charge on any atom is -0.394 e. The third-order valence-electron chi connectivity index (χ3n) is 3.98. The van der Waals surface area contributed by atoms with Gasteiger partial charge < -0.3 is 55.1 Å². The monoisotopic (exact) mass is 342 g/mol. The molecule has 23 heavy (non-hydrogen) atoms. The van der Waals surface area contributed by atoms with Gasteiger partial charge in [-0.3, -0.25) is 0 Å². The van der Waals surface area contributed by atoms with Gasteiger partial charge in [-0.2, -0.15) is 0 Å². The average Bonchev–Trinajstić information content (AvgIpc) is 2.55. The molecule has 0 aromatic heterocycles. The van der Waals surface area contributed by atoms with Gasteiger partial charge in [-0.1, -0.05) is 0 Å². The third-order valence-corrected chi connectivity index (χ3v) is 3.98. The topological polar surface area (TPSA) is 190 Å². The Balaban J connectivity index is 2.11. The summed E-state index contributed by atoms with van der Waals surface area (Å²) in [6.07, 6.45) is -15.6. The summed E-state index contributed by atoms with van der Waals surface area (Å²) in [6.45, 7) is -1.35. The van der Waals surface area contributed by atoms with Crippen LogP contribution in [0.25, 0.3) is 0 Å². The smallest absolute Gasteiger partial charge is 0.187 e. The van der Waals surface area contributed by atoms with Crippen molar-refractivity contribution in [3.8, 4) is 0 Å². The lowest BCUT2D eigenvalue weighted by atomic mass is 9.97. The van der Waals surface area contributed by atoms with E-state index in [9.17, 15) is 35.7 Å². The van der Waals surface area contributed by atoms with E-state index in [0.717, 1.165) is 0 Å². The normalized spacial score (nSPS) is 51.7. The summed E-state index contributed by atoms with van der Waals surface area (Å²) in [5.74, 6) is 0. The molecule has 0 radical (unpaired) electrons. The molecule has 0 aliphatic carbocycles. The highest BCUT2D eigenvalue weighted by Gasteiger charge is 2.50. The fraction of sp³-hybridized carbons (Fsp3) is 1.00. The van der Waals surface area contributed by atoms with Crippen LogP contribution in [0.4, 0.5) is 0 Å². The second kappa shape index (κ2) is 7.63. The number of aliphatic hydroxyl groups is 8. The first-order chi connectivity index (χ1) is 10.8. The number of rotatable bonds is 4. The maximum absolute atomic E-state index is 9.94. The summed E-state index contributed by atoms with van der Waals surface area (Å²) in [6, 6.07) is 0. The molecule has 2 saturated heterocycles. The highest BCUT2D eigenvalue weighted by molar-refractivity contribution is 4.93. The summed E-state index contributed by atoms with van der Waals surface area (Å²) >= 11 is 0. The van der Waals surface area contributed by atoms with Crippen molar-refractivity contribution in [2.45, 2.75) is 61.4 Å². The van der Waals surface area contributed by atoms with E-state index in [1.165, 1.54) is 0 Å². The van der Waals surface area contributed by atoms with E-state index < -0.39 is 74.6 Å². The maximum atomic E-state index is 9.94. The molecule has 136 valence electrons. The Morgan fingerprint density at radius 3 is 1.83 bits per heavy atom. The zero-order valence-corrected chi connectivity index (χ0v) is 12.0. The largest absolute Gasteiger partial charge is 0.394 e. The fourth-order valence-corrected chi connectivity index (χ4v) is 2.57. The molecule has 2 fully saturated rings. The molecule has 11 nitrogen and oxygen atoms in total. The van der Waals surface area contributed by atoms with Crippen LogP contribution in [0.1, 0.15) is 0 Å². The van der Waals surface area contributed by atoms with E-state index in [4.69, 9.17) is 19.3 Å². The van der Waals surface area contributed by atoms with Gasteiger partial charge in [0.05, 0.1) is 13.2 Å². The van der Waals surface area contributed by atoms with Crippen molar-refractivity contribution in [1.29, 1.82) is 0 Å². The first-order valence-corrected chi connectivity index (χ1v) is 7.08. The molecular formula is C12H22O11. The van der Waals surface area contributed by atoms with Crippen molar-refractivity contribution in [3.05, 3.63) is 0 Å². The molecule has 2 rings (SSSR count). The average molecular weight is 342 g/mol. The van der Waals surface area contributed by atoms with Gasteiger partial charge in [-0.05, 0) is 0 Å². The van der Waals surface area contributed by atoms with Gasteiger partial charge in [0.1, 0.15) is 48.8 Å². The first-order valence-electron chi connectivity index (χ1n) is 7.08. The quantitative estimate of drug-likeness (QED) is 0.243. The molecule has 2 heterocycles. The molecule has 0 aromatic carbocycles. The number of ether oxygens (including phenoxy) is 3. The highest BCUT2D eigenvalue weighted by Crippen LogP contribution is 2.28. The molecule has 8 N–H and O–H groups in total. The Bertz CT molecular complexity index is 378. The molecule has 10 atom stereocenters. The predicted molar refractivity (Wildman–Crippen MR) is 68.6 cm³/mol. The van der Waals surface area contributed by atoms with Crippen LogP contribution in [0, 0.1) is 0 Å². The lowest BCUT2D eigenvalue weighted by Gasteiger charge is -2.45. The van der Waals surface area contributed by atoms with Crippen molar-refractivity contribution in [1.82, 2.24) is 0 Å². The van der Waals surface area contributed by atoms with Crippen LogP contribution in [0.2, 0.25) is 0 Å². The van der Waals surface area contributed by atoms with Crippen LogP contribution in [0.5, 0.6) is 0 Å². The van der Waals surface area contributed by atoms with Crippen LogP contribution >= 0.6 is 0 Å². The molecule has 2 aliphatic heterocycles. The molecule has 0 bridgehead atoms. The number of hydrogen-bond donors (Lipinski definition) is 8. The van der Waals surface area contributed by atoms with Gasteiger partial charge >= 0.3 is 0 Å². The van der Waals surface area contributed by atoms with E-state index in [1.807, 2.05) is 0 Å². The van der Waals surface area contributed by atoms with Crippen LogP contribution in [-0.2, 0) is 14.2 Å². The molecule has 11 heteroatoms. The van der Waals surface area contributed by atoms with Crippen molar-refractivity contribution in [3.63, 3.8) is 0 Å². The first kappa shape index (κ1) is 18.9. The minimum absolute atomic E-state index is 0.667. The second-order valence-electron chi connectivity index (χ2n) is 5.53. The standard InChI is InChI=1S/C12H22O11/c13-1-3-5(15)6(16)9(19)12(22-3)23-10-4(2-14)21-11(20)8(18)7(10)17/h3-20H,1-2H2/t3-,4-,5-,6+,7+,8-,9-,10-,11?,12+/m1/s1. The van der Waals surface area contributed by atoms with Crippen molar-refractivity contribution < 1.29 is 55.1 Å². The number of aliphatic hydroxyl groups excluding tert-OH is 8. The van der Waals surface area contributed by atoms with Gasteiger partial charge in [0, 0.05) is 0 Å². The summed E-state index contributed by atoms with van der Waals surface area (Å²) < 4.78 is 15.3. The van der Waals surface area contributed by atoms with Crippen LogP contribution in [0.3, 0.4) is 0 Å². The summed E-state index contributed by atoms with van der Waals surface area (Å²) in [5, 5.41) is 76.5. The summed E-state index contributed by atoms with van der Waals surface area (Å²) in [5.41, 5.74) is 0. The molecule has 2 aliphatic rings. The van der Waals surface area contributed by atoms with Crippen molar-refractivity contribution >= 4 is 0 Å². The zero-order chi connectivity index (χ0) is 17.3. The molecule has 0 amide bonds. The molecular weight excluding hydrogens is 320 g/mol. The van der Waals surface area contributed by atoms with Gasteiger partial charge in [-0.15, -0.1) is 0 Å². The predicted octanol–water partition coefficient (Wildman–Crippen LogP) is -5.40. The van der Waals surface area contributed by atoms with Crippen molar-refractivity contribution in [2.24, 2.45) is 0 Å². The van der Waals surface area contributed by atoms with E-state index in [-0.39, 0.29) is 0 Å². The zero-order valence-electron chi connectivity index (χ0n) is 12.0. The molecule has 1 unspecified atom stereocenters. The van der Waals surface area contributed by atoms with Gasteiger partial charge in [0.25, 0.3) is 0 Å². The fourth-order valence-electron chi connectivity index (χ4n) is 2.57. The van der Waals surface area contributed by atoms with E-state index in [0.29, 0.717) is 0 Å². The lowest BCUT2D eigenvalue weighted by Crippen LogP contribution is -2.64. The van der Waals surface area contributed by atoms with Gasteiger partial charge in [0.2, 0.25) is 0 Å². The molecule has 0 spiro atoms. The Morgan fingerprint density at radius 2 is 1.26 bits per heavy atom. The third kappa shape index (κ3) is 3.65. The van der Waals surface area contributed by atoms with E-state index >= 15 is 0 Å². The molecule has 0 saturated carbocycles. The summed E-state index contributed by atoms with van der Waals surface area (Å²) in [7, 11) is 0. The van der Waals surface area contributed by atoms with Gasteiger partial charge in [0.15, 0.2) is 12.6 Å². The van der Waals surface area contributed by atoms with Crippen LogP contribution < -0.4 is 0 Å². The Morgan fingerprint density at radius 1 is 0.652 bits per heavy atom. The molecule has 0 aromatic rings. The highest BCUT2D eigenvalue weighted by atomic mass is 16.7. The van der Waals surface area contributed by atoms with E-state index in [1.54, 1.807) is 0 Å². The Kier molecular flexibility index (Phi) is 6.27. The van der Waals surface area contributed by atoms with Gasteiger partial charge in [-0.25, -0.2) is 0 Å². The lowest BCUT2D eigenvalue weighted by molar-refractivity contribution is -0.355. The minimum atomic E-state index is -1.74. The van der Waals surface area contributed by atoms with Crippen LogP contribution in [-0.4, -0.2) is 115 Å². The SMILES string of the molecule is OC[C@H]1O[C@@H](O[C@H]2[C@@H](O)[C@@H](O)C(O)O[C@@H]2CO)[C@H](O)[C@@H](O)[C@@H]1O. The maximum Gasteiger partial charge on any atom is 0.187 e. The van der Waals surface area contributed by atoms with E-state index in [2.05, 4.69) is 0 Å². The van der Waals surface area contributed by atoms with Crippen LogP contribution in [0.15, 0.2) is 0 Å². The second-order valence-corrected chi connectivity index (χ2v) is 5.53. The Labute approximate surface area is 130 Å². The summed E-state index contributed by atoms with van der Waals surface area (Å²) in [4.78, 5) is 0.